The van der Waals surface area contributed by atoms with E-state index in [-0.39, 0.29) is 42.3 Å². The summed E-state index contributed by atoms with van der Waals surface area (Å²) in [5.74, 6) is -0.366. The molecule has 1 aliphatic rings. The van der Waals surface area contributed by atoms with Gasteiger partial charge in [-0.15, -0.1) is 0 Å². The van der Waals surface area contributed by atoms with Gasteiger partial charge in [0.05, 0.1) is 13.0 Å². The zero-order valence-corrected chi connectivity index (χ0v) is 15.0. The highest BCUT2D eigenvalue weighted by molar-refractivity contribution is 5.97. The molecular formula is C20H27NO4. The summed E-state index contributed by atoms with van der Waals surface area (Å²) in [5.41, 5.74) is 1.73. The SMILES string of the molecule is COC(=O)C1CCCCC1CNC(=O)CCC(=O)c1ccc(C)cc1. The van der Waals surface area contributed by atoms with Gasteiger partial charge in [-0.2, -0.15) is 0 Å². The molecule has 0 bridgehead atoms. The fraction of sp³-hybridized carbons (Fsp3) is 0.550. The molecule has 1 saturated carbocycles. The molecular weight excluding hydrogens is 318 g/mol. The van der Waals surface area contributed by atoms with Gasteiger partial charge in [0.15, 0.2) is 5.78 Å². The zero-order chi connectivity index (χ0) is 18.2. The summed E-state index contributed by atoms with van der Waals surface area (Å²) in [6.07, 6.45) is 4.19. The molecule has 2 atom stereocenters. The number of ether oxygens (including phenoxy) is 1. The van der Waals surface area contributed by atoms with Gasteiger partial charge in [-0.3, -0.25) is 14.4 Å². The molecule has 2 unspecified atom stereocenters. The summed E-state index contributed by atoms with van der Waals surface area (Å²) in [7, 11) is 1.41. The van der Waals surface area contributed by atoms with Crippen LogP contribution in [0, 0.1) is 18.8 Å². The largest absolute Gasteiger partial charge is 0.469 e. The van der Waals surface area contributed by atoms with Crippen molar-refractivity contribution in [3.8, 4) is 0 Å². The molecule has 5 nitrogen and oxygen atoms in total. The monoisotopic (exact) mass is 345 g/mol. The molecule has 0 heterocycles. The van der Waals surface area contributed by atoms with E-state index in [1.165, 1.54) is 7.11 Å². The lowest BCUT2D eigenvalue weighted by molar-refractivity contribution is -0.148. The first-order chi connectivity index (χ1) is 12.0. The number of hydrogen-bond donors (Lipinski definition) is 1. The van der Waals surface area contributed by atoms with Crippen molar-refractivity contribution in [1.82, 2.24) is 5.32 Å². The van der Waals surface area contributed by atoms with Gasteiger partial charge in [0, 0.05) is 24.9 Å². The molecule has 0 aromatic heterocycles. The molecule has 0 radical (unpaired) electrons. The number of carbonyl (C=O) groups is 3. The number of rotatable bonds is 7. The Kier molecular flexibility index (Phi) is 7.16. The number of methoxy groups -OCH3 is 1. The van der Waals surface area contributed by atoms with E-state index in [0.717, 1.165) is 31.2 Å². The van der Waals surface area contributed by atoms with Crippen LogP contribution in [0.2, 0.25) is 0 Å². The van der Waals surface area contributed by atoms with Crippen LogP contribution in [0.1, 0.15) is 54.4 Å². The maximum atomic E-state index is 12.1. The summed E-state index contributed by atoms with van der Waals surface area (Å²) in [6.45, 7) is 2.44. The number of amides is 1. The highest BCUT2D eigenvalue weighted by atomic mass is 16.5. The Morgan fingerprint density at radius 1 is 1.08 bits per heavy atom. The van der Waals surface area contributed by atoms with E-state index in [1.54, 1.807) is 12.1 Å². The van der Waals surface area contributed by atoms with Gasteiger partial charge in [0.25, 0.3) is 0 Å². The summed E-state index contributed by atoms with van der Waals surface area (Å²) in [4.78, 5) is 36.0. The molecule has 1 aliphatic carbocycles. The van der Waals surface area contributed by atoms with Crippen LogP contribution in [0.4, 0.5) is 0 Å². The minimum absolute atomic E-state index is 0.0275. The number of aryl methyl sites for hydroxylation is 1. The van der Waals surface area contributed by atoms with E-state index < -0.39 is 0 Å². The summed E-state index contributed by atoms with van der Waals surface area (Å²) in [6, 6.07) is 7.36. The highest BCUT2D eigenvalue weighted by Crippen LogP contribution is 2.30. The Labute approximate surface area is 149 Å². The molecule has 0 aliphatic heterocycles. The van der Waals surface area contributed by atoms with Gasteiger partial charge in [-0.1, -0.05) is 42.7 Å². The lowest BCUT2D eigenvalue weighted by Crippen LogP contribution is -2.37. The lowest BCUT2D eigenvalue weighted by Gasteiger charge is -2.29. The lowest BCUT2D eigenvalue weighted by atomic mass is 9.79. The van der Waals surface area contributed by atoms with Gasteiger partial charge < -0.3 is 10.1 Å². The van der Waals surface area contributed by atoms with Gasteiger partial charge in [0.2, 0.25) is 5.91 Å². The molecule has 136 valence electrons. The molecule has 0 spiro atoms. The number of benzene rings is 1. The summed E-state index contributed by atoms with van der Waals surface area (Å²) >= 11 is 0. The van der Waals surface area contributed by atoms with Crippen LogP contribution < -0.4 is 5.32 Å². The number of Topliss-reactive ketones (excluding diaryl/α,β-unsaturated/α-hetero) is 1. The third-order valence-corrected chi connectivity index (χ3v) is 4.93. The fourth-order valence-electron chi connectivity index (χ4n) is 3.36. The number of hydrogen-bond acceptors (Lipinski definition) is 4. The van der Waals surface area contributed by atoms with Gasteiger partial charge in [-0.05, 0) is 25.7 Å². The van der Waals surface area contributed by atoms with Crippen LogP contribution in [-0.2, 0) is 14.3 Å². The molecule has 25 heavy (non-hydrogen) atoms. The van der Waals surface area contributed by atoms with Crippen LogP contribution >= 0.6 is 0 Å². The van der Waals surface area contributed by atoms with Crippen LogP contribution in [-0.4, -0.2) is 31.3 Å². The first-order valence-electron chi connectivity index (χ1n) is 8.95. The fourth-order valence-corrected chi connectivity index (χ4v) is 3.36. The van der Waals surface area contributed by atoms with Crippen molar-refractivity contribution in [2.45, 2.75) is 45.4 Å². The Balaban J connectivity index is 1.77. The van der Waals surface area contributed by atoms with Crippen LogP contribution in [0.25, 0.3) is 0 Å². The van der Waals surface area contributed by atoms with Crippen LogP contribution in [0.3, 0.4) is 0 Å². The van der Waals surface area contributed by atoms with E-state index in [9.17, 15) is 14.4 Å². The van der Waals surface area contributed by atoms with Crippen molar-refractivity contribution >= 4 is 17.7 Å². The molecule has 1 N–H and O–H groups in total. The standard InChI is InChI=1S/C20H27NO4/c1-14-7-9-15(10-8-14)18(22)11-12-19(23)21-13-16-5-3-4-6-17(16)20(24)25-2/h7-10,16-17H,3-6,11-13H2,1-2H3,(H,21,23). The third-order valence-electron chi connectivity index (χ3n) is 4.93. The highest BCUT2D eigenvalue weighted by Gasteiger charge is 2.31. The Bertz CT molecular complexity index is 609. The first kappa shape index (κ1) is 19.2. The molecule has 1 amide bonds. The van der Waals surface area contributed by atoms with Crippen molar-refractivity contribution in [2.75, 3.05) is 13.7 Å². The number of esters is 1. The number of nitrogens with one attached hydrogen (secondary N) is 1. The normalized spacial score (nSPS) is 19.9. The second kappa shape index (κ2) is 9.35. The van der Waals surface area contributed by atoms with Crippen LogP contribution in [0.15, 0.2) is 24.3 Å². The second-order valence-corrected chi connectivity index (χ2v) is 6.77. The van der Waals surface area contributed by atoms with Crippen molar-refractivity contribution in [1.29, 1.82) is 0 Å². The summed E-state index contributed by atoms with van der Waals surface area (Å²) < 4.78 is 4.87. The van der Waals surface area contributed by atoms with Gasteiger partial charge >= 0.3 is 5.97 Å². The molecule has 0 saturated heterocycles. The Hall–Kier alpha value is -2.17. The van der Waals surface area contributed by atoms with Crippen LogP contribution in [0.5, 0.6) is 0 Å². The maximum Gasteiger partial charge on any atom is 0.309 e. The third kappa shape index (κ3) is 5.69. The molecule has 2 rings (SSSR count). The predicted molar refractivity (Wildman–Crippen MR) is 95.2 cm³/mol. The van der Waals surface area contributed by atoms with Crippen molar-refractivity contribution in [3.63, 3.8) is 0 Å². The van der Waals surface area contributed by atoms with Crippen molar-refractivity contribution in [2.24, 2.45) is 11.8 Å². The summed E-state index contributed by atoms with van der Waals surface area (Å²) in [5, 5.41) is 2.88. The first-order valence-corrected chi connectivity index (χ1v) is 8.95. The van der Waals surface area contributed by atoms with Crippen molar-refractivity contribution in [3.05, 3.63) is 35.4 Å². The molecule has 1 aromatic rings. The zero-order valence-electron chi connectivity index (χ0n) is 15.0. The minimum Gasteiger partial charge on any atom is -0.469 e. The number of ketones is 1. The van der Waals surface area contributed by atoms with E-state index in [2.05, 4.69) is 5.32 Å². The second-order valence-electron chi connectivity index (χ2n) is 6.77. The minimum atomic E-state index is -0.187. The average molecular weight is 345 g/mol. The Morgan fingerprint density at radius 3 is 2.44 bits per heavy atom. The molecule has 1 fully saturated rings. The maximum absolute atomic E-state index is 12.1. The van der Waals surface area contributed by atoms with E-state index in [0.29, 0.717) is 12.1 Å². The molecule has 1 aromatic carbocycles. The number of carbonyl (C=O) groups excluding carboxylic acids is 3. The quantitative estimate of drug-likeness (QED) is 0.609. The van der Waals surface area contributed by atoms with Gasteiger partial charge in [0.1, 0.15) is 0 Å². The smallest absolute Gasteiger partial charge is 0.309 e. The topological polar surface area (TPSA) is 72.5 Å². The van der Waals surface area contributed by atoms with E-state index in [1.807, 2.05) is 19.1 Å². The average Bonchev–Trinajstić information content (AvgIpc) is 2.64. The van der Waals surface area contributed by atoms with E-state index in [4.69, 9.17) is 4.74 Å². The van der Waals surface area contributed by atoms with Gasteiger partial charge in [-0.25, -0.2) is 0 Å². The molecule has 5 heteroatoms. The van der Waals surface area contributed by atoms with Crippen molar-refractivity contribution < 1.29 is 19.1 Å². The van der Waals surface area contributed by atoms with E-state index >= 15 is 0 Å². The Morgan fingerprint density at radius 2 is 1.76 bits per heavy atom. The predicted octanol–water partition coefficient (Wildman–Crippen LogP) is 3.05.